The van der Waals surface area contributed by atoms with Crippen molar-refractivity contribution in [1.82, 2.24) is 20.5 Å². The molecule has 9 heteroatoms. The van der Waals surface area contributed by atoms with Gasteiger partial charge in [-0.3, -0.25) is 10.1 Å². The van der Waals surface area contributed by atoms with E-state index in [9.17, 15) is 10.1 Å². The smallest absolute Gasteiger partial charge is 0.269 e. The van der Waals surface area contributed by atoms with E-state index in [4.69, 9.17) is 0 Å². The Bertz CT molecular complexity index is 656. The van der Waals surface area contributed by atoms with Gasteiger partial charge in [-0.25, -0.2) is 0 Å². The summed E-state index contributed by atoms with van der Waals surface area (Å²) in [4.78, 5) is 11.3. The Balaban J connectivity index is 2.03. The molecule has 0 aliphatic carbocycles. The Hall–Kier alpha value is -2.84. The Morgan fingerprint density at radius 3 is 2.71 bits per heavy atom. The van der Waals surface area contributed by atoms with E-state index in [0.717, 1.165) is 0 Å². The van der Waals surface area contributed by atoms with E-state index in [1.165, 1.54) is 29.1 Å². The fourth-order valence-electron chi connectivity index (χ4n) is 1.33. The van der Waals surface area contributed by atoms with Crippen LogP contribution in [0, 0.1) is 10.1 Å². The molecule has 2 heterocycles. The van der Waals surface area contributed by atoms with Gasteiger partial charge in [-0.1, -0.05) is 20.2 Å². The lowest BCUT2D eigenvalue weighted by molar-refractivity contribution is -0.716. The number of nitro groups is 1. The van der Waals surface area contributed by atoms with Crippen LogP contribution in [0.4, 0.5) is 5.69 Å². The lowest BCUT2D eigenvalue weighted by Crippen LogP contribution is -2.37. The normalized spacial score (nSPS) is 10.8. The standard InChI is InChI=1S/C8H4N6O3/c15-14(16)6-3-1-5(2-4-6)13-9-7-8(10-13)12-17-11-7/h1-4H. The summed E-state index contributed by atoms with van der Waals surface area (Å²) in [6, 6.07) is 5.81. The number of hydrogen-bond donors (Lipinski definition) is 0. The summed E-state index contributed by atoms with van der Waals surface area (Å²) in [5, 5.41) is 25.5. The fraction of sp³-hybridized carbons (Fsp3) is 0. The molecular formula is C8H4N6O3. The van der Waals surface area contributed by atoms with E-state index < -0.39 is 4.92 Å². The molecule has 17 heavy (non-hydrogen) atoms. The van der Waals surface area contributed by atoms with E-state index in [-0.39, 0.29) is 17.0 Å². The van der Waals surface area contributed by atoms with Gasteiger partial charge in [0, 0.05) is 24.3 Å². The molecule has 84 valence electrons. The van der Waals surface area contributed by atoms with Gasteiger partial charge in [0.2, 0.25) is 11.3 Å². The predicted octanol–water partition coefficient (Wildman–Crippen LogP) is -0.240. The summed E-state index contributed by atoms with van der Waals surface area (Å²) in [5.74, 6) is 0. The van der Waals surface area contributed by atoms with Crippen molar-refractivity contribution >= 4 is 17.0 Å². The summed E-state index contributed by atoms with van der Waals surface area (Å²) < 4.78 is 4.42. The second-order valence-corrected chi connectivity index (χ2v) is 3.17. The third-order valence-corrected chi connectivity index (χ3v) is 2.12. The van der Waals surface area contributed by atoms with Crippen LogP contribution in [0.2, 0.25) is 0 Å². The maximum absolute atomic E-state index is 10.5. The van der Waals surface area contributed by atoms with Crippen LogP contribution in [0.15, 0.2) is 28.9 Å². The van der Waals surface area contributed by atoms with Gasteiger partial charge in [-0.05, 0) is 0 Å². The number of hydrogen-bond acceptors (Lipinski definition) is 6. The van der Waals surface area contributed by atoms with E-state index in [1.54, 1.807) is 0 Å². The Labute approximate surface area is 92.8 Å². The summed E-state index contributed by atoms with van der Waals surface area (Å²) in [5.41, 5.74) is 1.15. The molecule has 0 aliphatic heterocycles. The summed E-state index contributed by atoms with van der Waals surface area (Å²) in [7, 11) is 0. The molecule has 0 saturated heterocycles. The van der Waals surface area contributed by atoms with Gasteiger partial charge in [-0.2, -0.15) is 5.16 Å². The molecular weight excluding hydrogens is 228 g/mol. The lowest BCUT2D eigenvalue weighted by atomic mass is 10.3. The molecule has 2 aromatic heterocycles. The first-order valence-electron chi connectivity index (χ1n) is 4.54. The zero-order valence-electron chi connectivity index (χ0n) is 8.22. The molecule has 0 atom stereocenters. The fourth-order valence-corrected chi connectivity index (χ4v) is 1.33. The minimum absolute atomic E-state index is 0.00570. The minimum atomic E-state index is -0.473. The monoisotopic (exact) mass is 232 g/mol. The molecule has 9 nitrogen and oxygen atoms in total. The van der Waals surface area contributed by atoms with Crippen LogP contribution < -0.4 is 9.90 Å². The quantitative estimate of drug-likeness (QED) is 0.340. The van der Waals surface area contributed by atoms with Crippen LogP contribution in [-0.4, -0.2) is 20.3 Å². The van der Waals surface area contributed by atoms with Crippen molar-refractivity contribution in [3.63, 3.8) is 0 Å². The molecule has 0 N–H and O–H groups in total. The highest BCUT2D eigenvalue weighted by molar-refractivity contribution is 5.59. The van der Waals surface area contributed by atoms with Crippen LogP contribution in [0.5, 0.6) is 0 Å². The van der Waals surface area contributed by atoms with Crippen LogP contribution >= 0.6 is 0 Å². The zero-order chi connectivity index (χ0) is 11.8. The van der Waals surface area contributed by atoms with Gasteiger partial charge < -0.3 is 4.63 Å². The summed E-state index contributed by atoms with van der Waals surface area (Å²) in [6.45, 7) is 0. The molecule has 0 fully saturated rings. The van der Waals surface area contributed by atoms with E-state index in [0.29, 0.717) is 5.69 Å². The maximum atomic E-state index is 10.5. The zero-order valence-corrected chi connectivity index (χ0v) is 8.22. The predicted molar refractivity (Wildman–Crippen MR) is 51.1 cm³/mol. The molecule has 0 aliphatic rings. The molecule has 0 amide bonds. The average molecular weight is 232 g/mol. The van der Waals surface area contributed by atoms with Crippen molar-refractivity contribution < 1.29 is 14.3 Å². The third-order valence-electron chi connectivity index (χ3n) is 2.12. The van der Waals surface area contributed by atoms with Crippen LogP contribution in [-0.2, 0) is 0 Å². The lowest BCUT2D eigenvalue weighted by Gasteiger charge is -1.91. The Kier molecular flexibility index (Phi) is 1.84. The van der Waals surface area contributed by atoms with Crippen molar-refractivity contribution in [1.29, 1.82) is 0 Å². The number of fused-ring (bicyclic) bond motifs is 1. The minimum Gasteiger partial charge on any atom is -0.312 e. The molecule has 3 aromatic rings. The SMILES string of the molecule is O=[N+]([O-])c1ccc(-[n+]2nc3nonc3[n-]2)cc1. The van der Waals surface area contributed by atoms with Crippen molar-refractivity contribution in [2.24, 2.45) is 0 Å². The summed E-state index contributed by atoms with van der Waals surface area (Å²) in [6.07, 6.45) is 0. The second-order valence-electron chi connectivity index (χ2n) is 3.17. The van der Waals surface area contributed by atoms with Gasteiger partial charge in [0.15, 0.2) is 0 Å². The van der Waals surface area contributed by atoms with Crippen LogP contribution in [0.1, 0.15) is 0 Å². The molecule has 0 spiro atoms. The van der Waals surface area contributed by atoms with E-state index in [2.05, 4.69) is 25.1 Å². The highest BCUT2D eigenvalue weighted by Gasteiger charge is 2.12. The number of rotatable bonds is 2. The van der Waals surface area contributed by atoms with Gasteiger partial charge in [-0.15, -0.1) is 0 Å². The first kappa shape index (κ1) is 9.39. The number of aromatic nitrogens is 5. The molecule has 0 bridgehead atoms. The number of nitrogens with zero attached hydrogens (tertiary/aromatic N) is 6. The largest absolute Gasteiger partial charge is 0.312 e. The maximum Gasteiger partial charge on any atom is 0.269 e. The van der Waals surface area contributed by atoms with Crippen molar-refractivity contribution in [3.05, 3.63) is 34.4 Å². The molecule has 0 unspecified atom stereocenters. The first-order valence-corrected chi connectivity index (χ1v) is 4.54. The molecule has 1 aromatic carbocycles. The van der Waals surface area contributed by atoms with E-state index in [1.807, 2.05) is 0 Å². The van der Waals surface area contributed by atoms with Crippen molar-refractivity contribution in [2.45, 2.75) is 0 Å². The molecule has 3 rings (SSSR count). The number of nitro benzene ring substituents is 1. The van der Waals surface area contributed by atoms with Gasteiger partial charge in [0.1, 0.15) is 5.65 Å². The van der Waals surface area contributed by atoms with Crippen LogP contribution in [0.3, 0.4) is 0 Å². The number of benzene rings is 1. The second kappa shape index (κ2) is 3.33. The van der Waals surface area contributed by atoms with Gasteiger partial charge >= 0.3 is 0 Å². The first-order chi connectivity index (χ1) is 8.24. The molecule has 0 saturated carbocycles. The Morgan fingerprint density at radius 1 is 1.29 bits per heavy atom. The molecule has 0 radical (unpaired) electrons. The van der Waals surface area contributed by atoms with Gasteiger partial charge in [0.05, 0.1) is 4.92 Å². The van der Waals surface area contributed by atoms with Crippen LogP contribution in [0.25, 0.3) is 17.0 Å². The highest BCUT2D eigenvalue weighted by Crippen LogP contribution is 2.11. The number of non-ortho nitro benzene ring substituents is 1. The van der Waals surface area contributed by atoms with E-state index >= 15 is 0 Å². The highest BCUT2D eigenvalue weighted by atomic mass is 16.6. The topological polar surface area (TPSA) is 113 Å². The van der Waals surface area contributed by atoms with Crippen molar-refractivity contribution in [2.75, 3.05) is 0 Å². The van der Waals surface area contributed by atoms with Crippen molar-refractivity contribution in [3.8, 4) is 5.69 Å². The third kappa shape index (κ3) is 1.49. The summed E-state index contributed by atoms with van der Waals surface area (Å²) >= 11 is 0. The average Bonchev–Trinajstić information content (AvgIpc) is 2.89. The Morgan fingerprint density at radius 2 is 2.06 bits per heavy atom. The van der Waals surface area contributed by atoms with Gasteiger partial charge in [0.25, 0.3) is 5.69 Å².